The first-order chi connectivity index (χ1) is 13.5. The third-order valence-electron chi connectivity index (χ3n) is 4.68. The number of carbonyl (C=O) groups is 2. The van der Waals surface area contributed by atoms with Crippen LogP contribution in [0.3, 0.4) is 0 Å². The number of amides is 2. The van der Waals surface area contributed by atoms with Gasteiger partial charge in [-0.1, -0.05) is 51.1 Å². The van der Waals surface area contributed by atoms with Crippen LogP contribution < -0.4 is 10.2 Å². The van der Waals surface area contributed by atoms with E-state index in [2.05, 4.69) is 12.2 Å². The van der Waals surface area contributed by atoms with Gasteiger partial charge in [0.1, 0.15) is 11.6 Å². The van der Waals surface area contributed by atoms with Crippen LogP contribution >= 0.6 is 0 Å². The summed E-state index contributed by atoms with van der Waals surface area (Å²) >= 11 is 0. The average Bonchev–Trinajstić information content (AvgIpc) is 2.95. The summed E-state index contributed by atoms with van der Waals surface area (Å²) in [5, 5.41) is 12.4. The molecule has 1 heterocycles. The van der Waals surface area contributed by atoms with E-state index in [1.165, 1.54) is 0 Å². The number of para-hydroxylation sites is 1. The Hall–Kier alpha value is -3.39. The van der Waals surface area contributed by atoms with Crippen LogP contribution in [0.5, 0.6) is 0 Å². The normalized spacial score (nSPS) is 14.7. The third kappa shape index (κ3) is 3.67. The van der Waals surface area contributed by atoms with E-state index in [0.717, 1.165) is 17.7 Å². The van der Waals surface area contributed by atoms with E-state index in [9.17, 15) is 14.9 Å². The van der Waals surface area contributed by atoms with Crippen molar-refractivity contribution in [1.82, 2.24) is 0 Å². The smallest absolute Gasteiger partial charge is 0.267 e. The van der Waals surface area contributed by atoms with Crippen LogP contribution in [0.4, 0.5) is 11.4 Å². The number of nitrogens with zero attached hydrogens (tertiary/aromatic N) is 2. The molecule has 0 bridgehead atoms. The molecule has 1 aliphatic heterocycles. The van der Waals surface area contributed by atoms with Crippen LogP contribution in [0.1, 0.15) is 31.9 Å². The molecular weight excluding hydrogens is 350 g/mol. The SMILES string of the molecule is CCc1ccc(NC(=O)C(C#N)=C2C(=O)N(CC(C)C)c3ccccc32)cc1. The molecule has 2 aromatic rings. The second-order valence-electron chi connectivity index (χ2n) is 7.19. The number of fused-ring (bicyclic) bond motifs is 1. The summed E-state index contributed by atoms with van der Waals surface area (Å²) in [4.78, 5) is 27.5. The number of aryl methyl sites for hydroxylation is 1. The maximum atomic E-state index is 13.1. The monoisotopic (exact) mass is 373 g/mol. The fraction of sp³-hybridized carbons (Fsp3) is 0.261. The number of anilines is 2. The van der Waals surface area contributed by atoms with Crippen molar-refractivity contribution in [2.24, 2.45) is 5.92 Å². The summed E-state index contributed by atoms with van der Waals surface area (Å²) in [7, 11) is 0. The van der Waals surface area contributed by atoms with E-state index in [-0.39, 0.29) is 23.0 Å². The van der Waals surface area contributed by atoms with E-state index >= 15 is 0 Å². The van der Waals surface area contributed by atoms with Crippen LogP contribution in [0.2, 0.25) is 0 Å². The van der Waals surface area contributed by atoms with Crippen molar-refractivity contribution in [2.75, 3.05) is 16.8 Å². The highest BCUT2D eigenvalue weighted by molar-refractivity contribution is 6.37. The summed E-state index contributed by atoms with van der Waals surface area (Å²) in [5.74, 6) is -0.618. The molecule has 0 saturated heterocycles. The average molecular weight is 373 g/mol. The minimum atomic E-state index is -0.573. The van der Waals surface area contributed by atoms with Gasteiger partial charge in [-0.05, 0) is 36.1 Å². The van der Waals surface area contributed by atoms with E-state index < -0.39 is 5.91 Å². The minimum Gasteiger partial charge on any atom is -0.321 e. The quantitative estimate of drug-likeness (QED) is 0.631. The predicted octanol–water partition coefficient (Wildman–Crippen LogP) is 4.17. The first-order valence-corrected chi connectivity index (χ1v) is 9.42. The lowest BCUT2D eigenvalue weighted by Crippen LogP contribution is -2.31. The van der Waals surface area contributed by atoms with E-state index in [0.29, 0.717) is 17.8 Å². The second kappa shape index (κ2) is 8.10. The zero-order chi connectivity index (χ0) is 20.3. The molecule has 0 fully saturated rings. The number of carbonyl (C=O) groups excluding carboxylic acids is 2. The van der Waals surface area contributed by atoms with Crippen LogP contribution in [0.25, 0.3) is 5.57 Å². The van der Waals surface area contributed by atoms with Crippen molar-refractivity contribution < 1.29 is 9.59 Å². The molecule has 3 rings (SSSR count). The van der Waals surface area contributed by atoms with Gasteiger partial charge in [0.25, 0.3) is 11.8 Å². The maximum absolute atomic E-state index is 13.1. The highest BCUT2D eigenvalue weighted by Crippen LogP contribution is 2.38. The molecule has 1 N–H and O–H groups in total. The lowest BCUT2D eigenvalue weighted by atomic mass is 10.0. The molecular formula is C23H23N3O2. The molecule has 5 heteroatoms. The fourth-order valence-corrected chi connectivity index (χ4v) is 3.31. The van der Waals surface area contributed by atoms with Crippen molar-refractivity contribution in [3.05, 3.63) is 65.2 Å². The lowest BCUT2D eigenvalue weighted by Gasteiger charge is -2.19. The van der Waals surface area contributed by atoms with Crippen molar-refractivity contribution in [2.45, 2.75) is 27.2 Å². The Balaban J connectivity index is 1.99. The molecule has 2 amide bonds. The Labute approximate surface area is 165 Å². The van der Waals surface area contributed by atoms with Gasteiger partial charge in [0, 0.05) is 17.8 Å². The Bertz CT molecular complexity index is 982. The molecule has 142 valence electrons. The van der Waals surface area contributed by atoms with Crippen molar-refractivity contribution in [3.63, 3.8) is 0 Å². The molecule has 0 saturated carbocycles. The Morgan fingerprint density at radius 1 is 1.14 bits per heavy atom. The number of benzene rings is 2. The molecule has 0 aromatic heterocycles. The summed E-state index contributed by atoms with van der Waals surface area (Å²) in [6, 6.07) is 16.7. The lowest BCUT2D eigenvalue weighted by molar-refractivity contribution is -0.114. The molecule has 0 unspecified atom stereocenters. The maximum Gasteiger partial charge on any atom is 0.267 e. The standard InChI is InChI=1S/C23H23N3O2/c1-4-16-9-11-17(12-10-16)25-22(27)19(13-24)21-18-7-5-6-8-20(18)26(23(21)28)14-15(2)3/h5-12,15H,4,14H2,1-3H3,(H,25,27). The summed E-state index contributed by atoms with van der Waals surface area (Å²) in [5.41, 5.74) is 3.12. The van der Waals surface area contributed by atoms with Crippen molar-refractivity contribution in [1.29, 1.82) is 5.26 Å². The third-order valence-corrected chi connectivity index (χ3v) is 4.68. The molecule has 2 aromatic carbocycles. The number of nitriles is 1. The number of hydrogen-bond acceptors (Lipinski definition) is 3. The van der Waals surface area contributed by atoms with E-state index in [4.69, 9.17) is 0 Å². The van der Waals surface area contributed by atoms with Gasteiger partial charge < -0.3 is 10.2 Å². The van der Waals surface area contributed by atoms with Gasteiger partial charge in [0.05, 0.1) is 11.3 Å². The minimum absolute atomic E-state index is 0.164. The molecule has 1 aliphatic rings. The zero-order valence-corrected chi connectivity index (χ0v) is 16.3. The Morgan fingerprint density at radius 2 is 1.82 bits per heavy atom. The predicted molar refractivity (Wildman–Crippen MR) is 111 cm³/mol. The van der Waals surface area contributed by atoms with Gasteiger partial charge in [0.15, 0.2) is 0 Å². The Morgan fingerprint density at radius 3 is 2.43 bits per heavy atom. The molecule has 0 spiro atoms. The van der Waals surface area contributed by atoms with Crippen molar-refractivity contribution in [3.8, 4) is 6.07 Å². The number of hydrogen-bond donors (Lipinski definition) is 1. The van der Waals surface area contributed by atoms with Crippen molar-refractivity contribution >= 4 is 28.8 Å². The molecule has 0 aliphatic carbocycles. The van der Waals surface area contributed by atoms with Gasteiger partial charge in [-0.25, -0.2) is 0 Å². The molecule has 0 atom stereocenters. The topological polar surface area (TPSA) is 73.2 Å². The van der Waals surface area contributed by atoms with Crippen LogP contribution in [-0.4, -0.2) is 18.4 Å². The first kappa shape index (κ1) is 19.4. The zero-order valence-electron chi connectivity index (χ0n) is 16.3. The van der Waals surface area contributed by atoms with Crippen LogP contribution in [-0.2, 0) is 16.0 Å². The molecule has 28 heavy (non-hydrogen) atoms. The summed E-state index contributed by atoms with van der Waals surface area (Å²) < 4.78 is 0. The number of rotatable bonds is 5. The van der Waals surface area contributed by atoms with Crippen LogP contribution in [0, 0.1) is 17.2 Å². The van der Waals surface area contributed by atoms with E-state index in [1.807, 2.05) is 44.2 Å². The Kier molecular flexibility index (Phi) is 5.60. The van der Waals surface area contributed by atoms with Gasteiger partial charge in [-0.2, -0.15) is 5.26 Å². The van der Waals surface area contributed by atoms with Gasteiger partial charge in [-0.15, -0.1) is 0 Å². The second-order valence-corrected chi connectivity index (χ2v) is 7.19. The van der Waals surface area contributed by atoms with Gasteiger partial charge >= 0.3 is 0 Å². The van der Waals surface area contributed by atoms with E-state index in [1.54, 1.807) is 29.2 Å². The first-order valence-electron chi connectivity index (χ1n) is 9.42. The fourth-order valence-electron chi connectivity index (χ4n) is 3.31. The molecule has 0 radical (unpaired) electrons. The highest BCUT2D eigenvalue weighted by atomic mass is 16.2. The summed E-state index contributed by atoms with van der Waals surface area (Å²) in [6.45, 7) is 6.63. The number of nitrogens with one attached hydrogen (secondary N) is 1. The summed E-state index contributed by atoms with van der Waals surface area (Å²) in [6.07, 6.45) is 0.901. The largest absolute Gasteiger partial charge is 0.321 e. The van der Waals surface area contributed by atoms with Crippen LogP contribution in [0.15, 0.2) is 54.1 Å². The van der Waals surface area contributed by atoms with Gasteiger partial charge in [0.2, 0.25) is 0 Å². The molecule has 5 nitrogen and oxygen atoms in total. The highest BCUT2D eigenvalue weighted by Gasteiger charge is 2.36. The van der Waals surface area contributed by atoms with Gasteiger partial charge in [-0.3, -0.25) is 9.59 Å².